The molecule has 0 bridgehead atoms. The lowest BCUT2D eigenvalue weighted by atomic mass is 9.89. The SMILES string of the molecule is CCOC(=O)CC(=O)C1(Nc2ccc(C#CCN(C)c3cccc(C(=N)N)c3)cc2C)CCCC1. The van der Waals surface area contributed by atoms with Crippen molar-refractivity contribution in [3.63, 3.8) is 0 Å². The van der Waals surface area contributed by atoms with Crippen molar-refractivity contribution in [3.05, 3.63) is 59.2 Å². The van der Waals surface area contributed by atoms with Gasteiger partial charge in [-0.05, 0) is 62.6 Å². The molecule has 2 aromatic carbocycles. The van der Waals surface area contributed by atoms with Crippen LogP contribution in [0, 0.1) is 24.2 Å². The van der Waals surface area contributed by atoms with E-state index in [4.69, 9.17) is 15.9 Å². The summed E-state index contributed by atoms with van der Waals surface area (Å²) in [5, 5.41) is 11.1. The molecule has 4 N–H and O–H groups in total. The van der Waals surface area contributed by atoms with E-state index in [1.807, 2.05) is 61.3 Å². The molecule has 0 aliphatic heterocycles. The van der Waals surface area contributed by atoms with Gasteiger partial charge in [-0.15, -0.1) is 0 Å². The number of nitrogens with zero attached hydrogens (tertiary/aromatic N) is 1. The molecule has 0 aromatic heterocycles. The molecule has 35 heavy (non-hydrogen) atoms. The molecule has 184 valence electrons. The number of ether oxygens (including phenoxy) is 1. The van der Waals surface area contributed by atoms with Crippen molar-refractivity contribution in [2.24, 2.45) is 5.73 Å². The molecule has 3 rings (SSSR count). The van der Waals surface area contributed by atoms with Crippen LogP contribution in [0.5, 0.6) is 0 Å². The monoisotopic (exact) mass is 474 g/mol. The number of nitrogens with one attached hydrogen (secondary N) is 2. The first kappa shape index (κ1) is 25.8. The standard InChI is InChI=1S/C28H34N4O3/c1-4-35-26(34)19-25(33)28(14-5-6-15-28)31-24-13-12-21(17-20(24)2)9-8-16-32(3)23-11-7-10-22(18-23)27(29)30/h7,10-13,17-18,31H,4-6,14-16,19H2,1-3H3,(H3,29,30). The maximum atomic E-state index is 13.0. The van der Waals surface area contributed by atoms with E-state index in [0.29, 0.717) is 24.9 Å². The molecule has 1 aliphatic carbocycles. The minimum atomic E-state index is -0.720. The summed E-state index contributed by atoms with van der Waals surface area (Å²) >= 11 is 0. The number of rotatable bonds is 9. The van der Waals surface area contributed by atoms with Gasteiger partial charge in [-0.25, -0.2) is 0 Å². The Bertz CT molecular complexity index is 1160. The van der Waals surface area contributed by atoms with Gasteiger partial charge in [-0.1, -0.05) is 36.8 Å². The summed E-state index contributed by atoms with van der Waals surface area (Å²) in [7, 11) is 1.94. The van der Waals surface area contributed by atoms with Crippen LogP contribution in [0.3, 0.4) is 0 Å². The fourth-order valence-corrected chi connectivity index (χ4v) is 4.37. The summed E-state index contributed by atoms with van der Waals surface area (Å²) in [4.78, 5) is 26.9. The Morgan fingerprint density at radius 2 is 1.94 bits per heavy atom. The molecule has 0 radical (unpaired) electrons. The number of hydrogen-bond donors (Lipinski definition) is 3. The first-order valence-corrected chi connectivity index (χ1v) is 12.0. The van der Waals surface area contributed by atoms with Crippen LogP contribution in [-0.2, 0) is 14.3 Å². The second kappa shape index (κ2) is 11.6. The number of anilines is 2. The van der Waals surface area contributed by atoms with E-state index in [1.54, 1.807) is 6.92 Å². The summed E-state index contributed by atoms with van der Waals surface area (Å²) < 4.78 is 4.98. The van der Waals surface area contributed by atoms with Gasteiger partial charge in [-0.3, -0.25) is 15.0 Å². The van der Waals surface area contributed by atoms with Gasteiger partial charge in [0.1, 0.15) is 12.3 Å². The smallest absolute Gasteiger partial charge is 0.313 e. The van der Waals surface area contributed by atoms with Crippen LogP contribution in [0.2, 0.25) is 0 Å². The van der Waals surface area contributed by atoms with Crippen LogP contribution in [0.15, 0.2) is 42.5 Å². The number of amidine groups is 1. The van der Waals surface area contributed by atoms with Gasteiger partial charge in [0.15, 0.2) is 5.78 Å². The summed E-state index contributed by atoms with van der Waals surface area (Å²) in [5.41, 5.74) is 9.25. The molecule has 1 aliphatic rings. The number of benzene rings is 2. The molecule has 7 heteroatoms. The molecular formula is C28H34N4O3. The number of aryl methyl sites for hydroxylation is 1. The zero-order chi connectivity index (χ0) is 25.4. The van der Waals surface area contributed by atoms with Crippen molar-refractivity contribution in [2.75, 3.05) is 30.4 Å². The fourth-order valence-electron chi connectivity index (χ4n) is 4.37. The lowest BCUT2D eigenvalue weighted by Gasteiger charge is -2.30. The van der Waals surface area contributed by atoms with E-state index < -0.39 is 11.5 Å². The van der Waals surface area contributed by atoms with E-state index in [-0.39, 0.29) is 24.6 Å². The van der Waals surface area contributed by atoms with Gasteiger partial charge in [0.05, 0.1) is 18.7 Å². The topological polar surface area (TPSA) is 109 Å². The fraction of sp³-hybridized carbons (Fsp3) is 0.393. The lowest BCUT2D eigenvalue weighted by molar-refractivity contribution is -0.146. The van der Waals surface area contributed by atoms with E-state index in [9.17, 15) is 9.59 Å². The lowest BCUT2D eigenvalue weighted by Crippen LogP contribution is -2.45. The van der Waals surface area contributed by atoms with E-state index in [0.717, 1.165) is 35.3 Å². The van der Waals surface area contributed by atoms with Gasteiger partial charge < -0.3 is 20.7 Å². The van der Waals surface area contributed by atoms with Crippen LogP contribution in [-0.4, -0.2) is 43.3 Å². The molecule has 2 aromatic rings. The van der Waals surface area contributed by atoms with Crippen LogP contribution in [0.4, 0.5) is 11.4 Å². The second-order valence-electron chi connectivity index (χ2n) is 8.97. The normalized spacial score (nSPS) is 13.9. The molecule has 0 spiro atoms. The molecule has 0 amide bonds. The number of Topliss-reactive ketones (excluding diaryl/α,β-unsaturated/α-hetero) is 1. The van der Waals surface area contributed by atoms with E-state index in [1.165, 1.54) is 0 Å². The van der Waals surface area contributed by atoms with Crippen molar-refractivity contribution < 1.29 is 14.3 Å². The summed E-state index contributed by atoms with van der Waals surface area (Å²) in [5.74, 6) is 5.86. The number of nitrogens with two attached hydrogens (primary N) is 1. The van der Waals surface area contributed by atoms with Crippen LogP contribution in [0.25, 0.3) is 0 Å². The van der Waals surface area contributed by atoms with Crippen LogP contribution in [0.1, 0.15) is 55.7 Å². The molecule has 7 nitrogen and oxygen atoms in total. The van der Waals surface area contributed by atoms with Crippen LogP contribution >= 0.6 is 0 Å². The number of hydrogen-bond acceptors (Lipinski definition) is 6. The number of carbonyl (C=O) groups excluding carboxylic acids is 2. The quantitative estimate of drug-likeness (QED) is 0.167. The highest BCUT2D eigenvalue weighted by molar-refractivity contribution is 6.02. The average molecular weight is 475 g/mol. The first-order chi connectivity index (χ1) is 16.7. The highest BCUT2D eigenvalue weighted by Crippen LogP contribution is 2.36. The van der Waals surface area contributed by atoms with Gasteiger partial charge in [0.2, 0.25) is 0 Å². The van der Waals surface area contributed by atoms with Crippen molar-refractivity contribution in [1.82, 2.24) is 0 Å². The number of nitrogen functional groups attached to an aromatic ring is 1. The molecule has 0 unspecified atom stereocenters. The highest BCUT2D eigenvalue weighted by Gasteiger charge is 2.41. The zero-order valence-electron chi connectivity index (χ0n) is 20.7. The number of carbonyl (C=O) groups is 2. The van der Waals surface area contributed by atoms with Crippen molar-refractivity contribution in [3.8, 4) is 11.8 Å². The van der Waals surface area contributed by atoms with Gasteiger partial charge >= 0.3 is 5.97 Å². The predicted molar refractivity (Wildman–Crippen MR) is 140 cm³/mol. The summed E-state index contributed by atoms with van der Waals surface area (Å²) in [6.45, 7) is 4.52. The number of esters is 1. The number of ketones is 1. The maximum Gasteiger partial charge on any atom is 0.313 e. The predicted octanol–water partition coefficient (Wildman–Crippen LogP) is 4.01. The third kappa shape index (κ3) is 6.63. The Labute approximate surface area is 207 Å². The summed E-state index contributed by atoms with van der Waals surface area (Å²) in [6, 6.07) is 13.4. The minimum Gasteiger partial charge on any atom is -0.466 e. The minimum absolute atomic E-state index is 0.0393. The van der Waals surface area contributed by atoms with E-state index >= 15 is 0 Å². The third-order valence-electron chi connectivity index (χ3n) is 6.35. The largest absolute Gasteiger partial charge is 0.466 e. The maximum absolute atomic E-state index is 13.0. The Morgan fingerprint density at radius 3 is 2.60 bits per heavy atom. The second-order valence-corrected chi connectivity index (χ2v) is 8.97. The molecule has 1 saturated carbocycles. The molecule has 0 saturated heterocycles. The Hall–Kier alpha value is -3.79. The van der Waals surface area contributed by atoms with E-state index in [2.05, 4.69) is 17.2 Å². The van der Waals surface area contributed by atoms with Crippen LogP contribution < -0.4 is 16.0 Å². The van der Waals surface area contributed by atoms with Crippen molar-refractivity contribution in [2.45, 2.75) is 51.5 Å². The molecule has 1 fully saturated rings. The Morgan fingerprint density at radius 1 is 1.20 bits per heavy atom. The highest BCUT2D eigenvalue weighted by atomic mass is 16.5. The Kier molecular flexibility index (Phi) is 8.53. The van der Waals surface area contributed by atoms with Gasteiger partial charge in [-0.2, -0.15) is 0 Å². The third-order valence-corrected chi connectivity index (χ3v) is 6.35. The van der Waals surface area contributed by atoms with Crippen molar-refractivity contribution >= 4 is 29.0 Å². The van der Waals surface area contributed by atoms with Gasteiger partial charge in [0.25, 0.3) is 0 Å². The average Bonchev–Trinajstić information content (AvgIpc) is 3.31. The molecule has 0 atom stereocenters. The first-order valence-electron chi connectivity index (χ1n) is 12.0. The zero-order valence-corrected chi connectivity index (χ0v) is 20.7. The van der Waals surface area contributed by atoms with Crippen molar-refractivity contribution in [1.29, 1.82) is 5.41 Å². The Balaban J connectivity index is 1.68. The molecular weight excluding hydrogens is 440 g/mol. The van der Waals surface area contributed by atoms with Gasteiger partial charge in [0, 0.05) is 29.5 Å². The molecule has 0 heterocycles. The summed E-state index contributed by atoms with van der Waals surface area (Å²) in [6.07, 6.45) is 3.12.